The number of likely N-dealkylation sites (N-methyl/N-ethyl adjacent to an activating group) is 1. The van der Waals surface area contributed by atoms with Gasteiger partial charge in [0.1, 0.15) is 42.2 Å². The van der Waals surface area contributed by atoms with E-state index in [1.54, 1.807) is 36.2 Å². The Labute approximate surface area is 342 Å². The number of allylic oxidation sites excluding steroid dienone is 1. The van der Waals surface area contributed by atoms with Gasteiger partial charge in [0.05, 0.1) is 18.2 Å². The average Bonchev–Trinajstić information content (AvgIpc) is 3.22. The number of aliphatic hydroxyl groups is 2. The molecule has 0 unspecified atom stereocenters. The van der Waals surface area contributed by atoms with Gasteiger partial charge in [-0.1, -0.05) is 78.7 Å². The number of unbranched alkanes of at least 4 members (excludes halogenated alkanes) is 2. The zero-order chi connectivity index (χ0) is 41.3. The number of halogens is 1. The normalized spacial score (nSPS) is 24.2. The van der Waals surface area contributed by atoms with Crippen LogP contribution in [0.5, 0.6) is 11.5 Å². The molecule has 0 aromatic heterocycles. The van der Waals surface area contributed by atoms with E-state index in [1.165, 1.54) is 6.07 Å². The second kappa shape index (κ2) is 19.4. The summed E-state index contributed by atoms with van der Waals surface area (Å²) in [6.45, 7) is 10.3. The number of amides is 1. The Balaban J connectivity index is 1.52. The molecule has 0 bridgehead atoms. The summed E-state index contributed by atoms with van der Waals surface area (Å²) in [6.07, 6.45) is 8.21. The molecule has 11 heteroatoms. The SMILES string of the molecule is C=CCO[C@@]12Oc3ccc(OCc4ccccc4F)cc3[C@H]3[C@H](CCCCO)[C@@H](CCCCO)C=C(C(=NOC(C)(C)C)C[C@@H]1N(C)C(=O)OCc1ccccc1)[C@H]32. The van der Waals surface area contributed by atoms with Crippen LogP contribution in [0.15, 0.2) is 102 Å². The van der Waals surface area contributed by atoms with Crippen molar-refractivity contribution in [2.24, 2.45) is 22.9 Å². The maximum atomic E-state index is 14.7. The lowest BCUT2D eigenvalue weighted by Crippen LogP contribution is -2.69. The van der Waals surface area contributed by atoms with Gasteiger partial charge in [-0.3, -0.25) is 0 Å². The smallest absolute Gasteiger partial charge is 0.410 e. The van der Waals surface area contributed by atoms with Crippen LogP contribution in [-0.4, -0.2) is 71.2 Å². The number of ether oxygens (including phenoxy) is 4. The second-order valence-electron chi connectivity index (χ2n) is 16.5. The van der Waals surface area contributed by atoms with E-state index in [2.05, 4.69) is 12.7 Å². The Morgan fingerprint density at radius 1 is 1.00 bits per heavy atom. The van der Waals surface area contributed by atoms with E-state index in [0.717, 1.165) is 42.4 Å². The number of rotatable bonds is 18. The van der Waals surface area contributed by atoms with Crippen LogP contribution < -0.4 is 9.47 Å². The van der Waals surface area contributed by atoms with Crippen LogP contribution >= 0.6 is 0 Å². The maximum absolute atomic E-state index is 14.7. The Bertz CT molecular complexity index is 1910. The molecule has 3 aliphatic rings. The van der Waals surface area contributed by atoms with Crippen molar-refractivity contribution in [1.29, 1.82) is 0 Å². The van der Waals surface area contributed by atoms with Crippen molar-refractivity contribution in [2.75, 3.05) is 26.9 Å². The number of carbonyl (C=O) groups is 1. The van der Waals surface area contributed by atoms with Crippen molar-refractivity contribution < 1.29 is 43.2 Å². The summed E-state index contributed by atoms with van der Waals surface area (Å²) < 4.78 is 41.0. The minimum atomic E-state index is -1.42. The van der Waals surface area contributed by atoms with Gasteiger partial charge >= 0.3 is 6.09 Å². The van der Waals surface area contributed by atoms with Gasteiger partial charge < -0.3 is 38.9 Å². The third-order valence-corrected chi connectivity index (χ3v) is 11.4. The number of nitrogens with zero attached hydrogens (tertiary/aromatic N) is 2. The average molecular weight is 799 g/mol. The van der Waals surface area contributed by atoms with Gasteiger partial charge in [-0.2, -0.15) is 0 Å². The minimum absolute atomic E-state index is 0.0361. The summed E-state index contributed by atoms with van der Waals surface area (Å²) in [6, 6.07) is 21.1. The fourth-order valence-corrected chi connectivity index (χ4v) is 8.73. The first kappa shape index (κ1) is 42.9. The molecule has 0 saturated heterocycles. The Morgan fingerprint density at radius 2 is 1.72 bits per heavy atom. The predicted octanol–water partition coefficient (Wildman–Crippen LogP) is 9.11. The van der Waals surface area contributed by atoms with Crippen LogP contribution in [0.1, 0.15) is 88.3 Å². The molecule has 2 aliphatic carbocycles. The van der Waals surface area contributed by atoms with Crippen molar-refractivity contribution in [3.63, 3.8) is 0 Å². The van der Waals surface area contributed by atoms with E-state index in [-0.39, 0.29) is 63.0 Å². The highest BCUT2D eigenvalue weighted by atomic mass is 19.1. The van der Waals surface area contributed by atoms with Crippen LogP contribution in [0.3, 0.4) is 0 Å². The highest BCUT2D eigenvalue weighted by Gasteiger charge is 2.65. The van der Waals surface area contributed by atoms with Crippen molar-refractivity contribution in [3.05, 3.63) is 120 Å². The Kier molecular flexibility index (Phi) is 14.3. The third kappa shape index (κ3) is 9.76. The van der Waals surface area contributed by atoms with Crippen LogP contribution in [-0.2, 0) is 27.5 Å². The van der Waals surface area contributed by atoms with E-state index in [9.17, 15) is 19.4 Å². The number of hydrogen-bond donors (Lipinski definition) is 2. The minimum Gasteiger partial charge on any atom is -0.489 e. The third-order valence-electron chi connectivity index (χ3n) is 11.4. The van der Waals surface area contributed by atoms with Gasteiger partial charge in [-0.05, 0) is 93.7 Å². The summed E-state index contributed by atoms with van der Waals surface area (Å²) in [7, 11) is 1.71. The first-order valence-electron chi connectivity index (χ1n) is 20.6. The molecule has 58 heavy (non-hydrogen) atoms. The Hall–Kier alpha value is -4.71. The highest BCUT2D eigenvalue weighted by Crippen LogP contribution is 2.62. The highest BCUT2D eigenvalue weighted by molar-refractivity contribution is 6.03. The largest absolute Gasteiger partial charge is 0.489 e. The molecule has 1 saturated carbocycles. The quantitative estimate of drug-likeness (QED) is 0.0744. The number of benzene rings is 3. The predicted molar refractivity (Wildman–Crippen MR) is 221 cm³/mol. The standard InChI is InChI=1S/C47H59FN2O8/c1-6-26-56-47-42(50(5)45(53)55-30-32-16-8-7-9-17-32)29-40(49-58-46(2,3)4)37-27-33(18-12-14-24-51)36(20-13-15-25-52)43(44(37)47)38-28-35(22-23-41(38)57-47)54-31-34-19-10-11-21-39(34)48/h6-11,16-17,19,21-23,27-28,33,36,42-44,51-52H,1,12-15,18,20,24-26,29-31H2,2-5H3/t33-,36+,42-,43+,44+,47+/m0/s1. The Morgan fingerprint density at radius 3 is 2.43 bits per heavy atom. The van der Waals surface area contributed by atoms with E-state index in [0.29, 0.717) is 35.6 Å². The molecule has 10 nitrogen and oxygen atoms in total. The van der Waals surface area contributed by atoms with Crippen LogP contribution in [0, 0.1) is 23.6 Å². The molecule has 0 spiro atoms. The van der Waals surface area contributed by atoms with Crippen LogP contribution in [0.25, 0.3) is 0 Å². The molecule has 2 N–H and O–H groups in total. The first-order chi connectivity index (χ1) is 28.0. The van der Waals surface area contributed by atoms with Gasteiger partial charge in [0.25, 0.3) is 0 Å². The van der Waals surface area contributed by atoms with E-state index in [1.807, 2.05) is 69.3 Å². The van der Waals surface area contributed by atoms with Crippen LogP contribution in [0.4, 0.5) is 9.18 Å². The molecule has 6 rings (SSSR count). The summed E-state index contributed by atoms with van der Waals surface area (Å²) in [5.41, 5.74) is 3.23. The van der Waals surface area contributed by atoms with E-state index < -0.39 is 29.4 Å². The van der Waals surface area contributed by atoms with Crippen LogP contribution in [0.2, 0.25) is 0 Å². The topological polar surface area (TPSA) is 119 Å². The number of carbonyl (C=O) groups excluding carboxylic acids is 1. The molecule has 312 valence electrons. The summed E-state index contributed by atoms with van der Waals surface area (Å²) in [5, 5.41) is 24.6. The van der Waals surface area contributed by atoms with Gasteiger partial charge in [0.2, 0.25) is 5.79 Å². The lowest BCUT2D eigenvalue weighted by atomic mass is 9.55. The number of oxime groups is 1. The number of hydrogen-bond acceptors (Lipinski definition) is 9. The van der Waals surface area contributed by atoms with Crippen molar-refractivity contribution in [1.82, 2.24) is 4.90 Å². The van der Waals surface area contributed by atoms with Crippen molar-refractivity contribution in [2.45, 2.75) is 102 Å². The molecular weight excluding hydrogens is 740 g/mol. The van der Waals surface area contributed by atoms with E-state index in [4.69, 9.17) is 28.9 Å². The lowest BCUT2D eigenvalue weighted by molar-refractivity contribution is -0.253. The zero-order valence-corrected chi connectivity index (χ0v) is 34.3. The summed E-state index contributed by atoms with van der Waals surface area (Å²) in [5.74, 6) is -1.22. The van der Waals surface area contributed by atoms with Gasteiger partial charge in [-0.25, -0.2) is 9.18 Å². The zero-order valence-electron chi connectivity index (χ0n) is 34.3. The van der Waals surface area contributed by atoms with Gasteiger partial charge in [0, 0.05) is 43.7 Å². The first-order valence-corrected chi connectivity index (χ1v) is 20.6. The lowest BCUT2D eigenvalue weighted by Gasteiger charge is -2.59. The molecule has 6 atom stereocenters. The molecular formula is C47H59FN2O8. The summed E-state index contributed by atoms with van der Waals surface area (Å²) >= 11 is 0. The number of fused-ring (bicyclic) bond motifs is 2. The van der Waals surface area contributed by atoms with Gasteiger partial charge in [0.15, 0.2) is 0 Å². The molecule has 1 fully saturated rings. The molecule has 1 amide bonds. The molecule has 3 aromatic carbocycles. The second-order valence-corrected chi connectivity index (χ2v) is 16.5. The monoisotopic (exact) mass is 798 g/mol. The fourth-order valence-electron chi connectivity index (χ4n) is 8.73. The maximum Gasteiger partial charge on any atom is 0.410 e. The van der Waals surface area contributed by atoms with E-state index >= 15 is 0 Å². The van der Waals surface area contributed by atoms with Gasteiger partial charge in [-0.15, -0.1) is 6.58 Å². The van der Waals surface area contributed by atoms with Crippen molar-refractivity contribution >= 4 is 11.8 Å². The molecule has 1 aliphatic heterocycles. The summed E-state index contributed by atoms with van der Waals surface area (Å²) in [4.78, 5) is 21.8. The fraction of sp³-hybridized carbons (Fsp3) is 0.489. The number of aliphatic hydroxyl groups excluding tert-OH is 2. The molecule has 3 aromatic rings. The molecule has 1 heterocycles. The van der Waals surface area contributed by atoms with Crippen molar-refractivity contribution in [3.8, 4) is 11.5 Å². The molecule has 0 radical (unpaired) electrons.